The van der Waals surface area contributed by atoms with Crippen molar-refractivity contribution in [3.05, 3.63) is 47.7 Å². The number of carbonyl (C=O) groups is 3. The fourth-order valence-electron chi connectivity index (χ4n) is 3.02. The molecule has 1 aromatic heterocycles. The summed E-state index contributed by atoms with van der Waals surface area (Å²) in [5.74, 6) is -1.52. The van der Waals surface area contributed by atoms with Crippen LogP contribution in [0.3, 0.4) is 0 Å². The third kappa shape index (κ3) is 3.83. The van der Waals surface area contributed by atoms with Gasteiger partial charge >= 0.3 is 5.97 Å². The molecule has 2 amide bonds. The fourth-order valence-corrected chi connectivity index (χ4v) is 3.02. The summed E-state index contributed by atoms with van der Waals surface area (Å²) in [6.45, 7) is 5.08. The van der Waals surface area contributed by atoms with Crippen molar-refractivity contribution in [1.29, 1.82) is 0 Å². The number of hydrogen-bond acceptors (Lipinski definition) is 5. The molecule has 7 heteroatoms. The number of furan rings is 1. The second-order valence-corrected chi connectivity index (χ2v) is 6.48. The van der Waals surface area contributed by atoms with E-state index in [0.717, 1.165) is 16.2 Å². The Bertz CT molecular complexity index is 1050. The molecule has 0 aliphatic heterocycles. The first-order valence-electron chi connectivity index (χ1n) is 9.07. The van der Waals surface area contributed by atoms with Crippen molar-refractivity contribution in [2.75, 3.05) is 13.2 Å². The van der Waals surface area contributed by atoms with Gasteiger partial charge in [-0.25, -0.2) is 4.79 Å². The van der Waals surface area contributed by atoms with E-state index in [0.29, 0.717) is 17.7 Å². The molecule has 28 heavy (non-hydrogen) atoms. The van der Waals surface area contributed by atoms with Crippen molar-refractivity contribution in [3.63, 3.8) is 0 Å². The Hall–Kier alpha value is -3.35. The molecular formula is C21H22N2O5. The van der Waals surface area contributed by atoms with Crippen molar-refractivity contribution in [2.24, 2.45) is 0 Å². The fraction of sp³-hybridized carbons (Fsp3) is 0.286. The average Bonchev–Trinajstić information content (AvgIpc) is 3.03. The molecule has 0 bridgehead atoms. The van der Waals surface area contributed by atoms with Crippen molar-refractivity contribution in [2.45, 2.75) is 26.8 Å². The molecule has 1 heterocycles. The number of aryl methyl sites for hydroxylation is 1. The van der Waals surface area contributed by atoms with Gasteiger partial charge in [-0.2, -0.15) is 0 Å². The summed E-state index contributed by atoms with van der Waals surface area (Å²) in [7, 11) is 0. The second-order valence-electron chi connectivity index (χ2n) is 6.48. The molecule has 146 valence electrons. The monoisotopic (exact) mass is 382 g/mol. The smallest absolute Gasteiger partial charge is 0.375 e. The SMILES string of the molecule is CCNC(=O)[C@@H](C)NC(=O)COC(=O)c1oc2c(ccc3ccccc32)c1C. The zero-order chi connectivity index (χ0) is 20.3. The van der Waals surface area contributed by atoms with Crippen LogP contribution in [-0.2, 0) is 14.3 Å². The predicted octanol–water partition coefficient (Wildman–Crippen LogP) is 2.69. The van der Waals surface area contributed by atoms with Crippen LogP contribution >= 0.6 is 0 Å². The number of ether oxygens (including phenoxy) is 1. The minimum absolute atomic E-state index is 0.0657. The van der Waals surface area contributed by atoms with Crippen LogP contribution in [0.2, 0.25) is 0 Å². The van der Waals surface area contributed by atoms with Crippen LogP contribution in [0.4, 0.5) is 0 Å². The van der Waals surface area contributed by atoms with Crippen LogP contribution in [-0.4, -0.2) is 37.0 Å². The highest BCUT2D eigenvalue weighted by Gasteiger charge is 2.22. The van der Waals surface area contributed by atoms with E-state index in [1.807, 2.05) is 36.4 Å². The summed E-state index contributed by atoms with van der Waals surface area (Å²) in [5, 5.41) is 7.80. The predicted molar refractivity (Wildman–Crippen MR) is 105 cm³/mol. The first-order valence-corrected chi connectivity index (χ1v) is 9.07. The van der Waals surface area contributed by atoms with E-state index >= 15 is 0 Å². The normalized spacial score (nSPS) is 12.0. The Morgan fingerprint density at radius 3 is 2.61 bits per heavy atom. The maximum atomic E-state index is 12.4. The lowest BCUT2D eigenvalue weighted by molar-refractivity contribution is -0.130. The van der Waals surface area contributed by atoms with Crippen LogP contribution in [0.1, 0.15) is 30.0 Å². The third-order valence-corrected chi connectivity index (χ3v) is 4.47. The minimum atomic E-state index is -0.724. The Balaban J connectivity index is 1.72. The van der Waals surface area contributed by atoms with Gasteiger partial charge in [0.2, 0.25) is 11.7 Å². The van der Waals surface area contributed by atoms with E-state index in [1.165, 1.54) is 0 Å². The molecule has 3 aromatic rings. The van der Waals surface area contributed by atoms with Crippen molar-refractivity contribution < 1.29 is 23.5 Å². The van der Waals surface area contributed by atoms with E-state index in [2.05, 4.69) is 10.6 Å². The Labute approximate surface area is 162 Å². The molecule has 0 saturated heterocycles. The molecule has 7 nitrogen and oxygen atoms in total. The van der Waals surface area contributed by atoms with E-state index in [9.17, 15) is 14.4 Å². The largest absolute Gasteiger partial charge is 0.450 e. The number of likely N-dealkylation sites (N-methyl/N-ethyl adjacent to an activating group) is 1. The standard InChI is InChI=1S/C21H22N2O5/c1-4-22-20(25)13(3)23-17(24)11-27-21(26)18-12(2)15-10-9-14-7-5-6-8-16(14)19(15)28-18/h5-10,13H,4,11H2,1-3H3,(H,22,25)(H,23,24)/t13-/m1/s1. The maximum absolute atomic E-state index is 12.4. The van der Waals surface area contributed by atoms with Crippen molar-refractivity contribution in [1.82, 2.24) is 10.6 Å². The topological polar surface area (TPSA) is 97.6 Å². The number of carbonyl (C=O) groups excluding carboxylic acids is 3. The summed E-state index contributed by atoms with van der Waals surface area (Å²) in [6.07, 6.45) is 0. The number of benzene rings is 2. The molecule has 2 aromatic carbocycles. The summed E-state index contributed by atoms with van der Waals surface area (Å²) < 4.78 is 10.9. The van der Waals surface area contributed by atoms with E-state index in [4.69, 9.17) is 9.15 Å². The molecule has 0 spiro atoms. The lowest BCUT2D eigenvalue weighted by Gasteiger charge is -2.13. The van der Waals surface area contributed by atoms with Crippen LogP contribution in [0.5, 0.6) is 0 Å². The molecule has 0 fully saturated rings. The first kappa shape index (κ1) is 19.4. The highest BCUT2D eigenvalue weighted by atomic mass is 16.5. The molecule has 0 saturated carbocycles. The van der Waals surface area contributed by atoms with E-state index in [-0.39, 0.29) is 11.7 Å². The highest BCUT2D eigenvalue weighted by molar-refractivity contribution is 6.08. The van der Waals surface area contributed by atoms with Gasteiger partial charge in [0.15, 0.2) is 6.61 Å². The Morgan fingerprint density at radius 1 is 1.11 bits per heavy atom. The van der Waals surface area contributed by atoms with Gasteiger partial charge < -0.3 is 19.8 Å². The van der Waals surface area contributed by atoms with Gasteiger partial charge in [-0.15, -0.1) is 0 Å². The number of nitrogens with one attached hydrogen (secondary N) is 2. The summed E-state index contributed by atoms with van der Waals surface area (Å²) >= 11 is 0. The number of rotatable bonds is 6. The van der Waals surface area contributed by atoms with Crippen LogP contribution in [0.15, 0.2) is 40.8 Å². The Morgan fingerprint density at radius 2 is 1.86 bits per heavy atom. The Kier molecular flexibility index (Phi) is 5.63. The van der Waals surface area contributed by atoms with Gasteiger partial charge in [0.25, 0.3) is 5.91 Å². The second kappa shape index (κ2) is 8.12. The van der Waals surface area contributed by atoms with Crippen LogP contribution in [0, 0.1) is 6.92 Å². The van der Waals surface area contributed by atoms with Crippen LogP contribution < -0.4 is 10.6 Å². The van der Waals surface area contributed by atoms with Gasteiger partial charge in [-0.1, -0.05) is 36.4 Å². The van der Waals surface area contributed by atoms with Gasteiger partial charge in [-0.3, -0.25) is 9.59 Å². The number of amides is 2. The molecule has 0 aliphatic rings. The van der Waals surface area contributed by atoms with E-state index < -0.39 is 24.5 Å². The quantitative estimate of drug-likeness (QED) is 0.639. The number of hydrogen-bond donors (Lipinski definition) is 2. The first-order chi connectivity index (χ1) is 13.4. The lowest BCUT2D eigenvalue weighted by Crippen LogP contribution is -2.46. The maximum Gasteiger partial charge on any atom is 0.375 e. The number of esters is 1. The van der Waals surface area contributed by atoms with Crippen molar-refractivity contribution >= 4 is 39.5 Å². The lowest BCUT2D eigenvalue weighted by atomic mass is 10.1. The zero-order valence-electron chi connectivity index (χ0n) is 16.0. The number of fused-ring (bicyclic) bond motifs is 3. The molecule has 0 aliphatic carbocycles. The van der Waals surface area contributed by atoms with Crippen LogP contribution in [0.25, 0.3) is 21.7 Å². The summed E-state index contributed by atoms with van der Waals surface area (Å²) in [4.78, 5) is 36.0. The van der Waals surface area contributed by atoms with Gasteiger partial charge in [0.1, 0.15) is 11.6 Å². The third-order valence-electron chi connectivity index (χ3n) is 4.47. The van der Waals surface area contributed by atoms with E-state index in [1.54, 1.807) is 20.8 Å². The molecular weight excluding hydrogens is 360 g/mol. The molecule has 0 unspecified atom stereocenters. The van der Waals surface area contributed by atoms with Gasteiger partial charge in [0, 0.05) is 22.9 Å². The minimum Gasteiger partial charge on any atom is -0.450 e. The zero-order valence-corrected chi connectivity index (χ0v) is 16.0. The molecule has 1 atom stereocenters. The average molecular weight is 382 g/mol. The summed E-state index contributed by atoms with van der Waals surface area (Å²) in [5.41, 5.74) is 1.26. The van der Waals surface area contributed by atoms with Gasteiger partial charge in [0.05, 0.1) is 0 Å². The summed E-state index contributed by atoms with van der Waals surface area (Å²) in [6, 6.07) is 10.9. The highest BCUT2D eigenvalue weighted by Crippen LogP contribution is 2.31. The van der Waals surface area contributed by atoms with Crippen molar-refractivity contribution in [3.8, 4) is 0 Å². The molecule has 3 rings (SSSR count). The molecule has 0 radical (unpaired) electrons. The molecule has 2 N–H and O–H groups in total. The van der Waals surface area contributed by atoms with Gasteiger partial charge in [-0.05, 0) is 26.2 Å².